The number of nitrogens with one attached hydrogen (secondary N) is 1. The number of rotatable bonds is 5. The molecule has 1 fully saturated rings. The van der Waals surface area contributed by atoms with Crippen molar-refractivity contribution in [3.05, 3.63) is 71.3 Å². The van der Waals surface area contributed by atoms with Crippen LogP contribution in [0.15, 0.2) is 36.9 Å². The number of halogens is 4. The van der Waals surface area contributed by atoms with Gasteiger partial charge < -0.3 is 9.88 Å². The third-order valence-corrected chi connectivity index (χ3v) is 6.45. The minimum Gasteiger partial charge on any atom is -0.349 e. The van der Waals surface area contributed by atoms with Crippen LogP contribution in [0, 0.1) is 23.3 Å². The average molecular weight is 485 g/mol. The Hall–Kier alpha value is -3.69. The summed E-state index contributed by atoms with van der Waals surface area (Å²) in [5.41, 5.74) is 1.32. The maximum atomic E-state index is 14.9. The molecule has 0 saturated heterocycles. The van der Waals surface area contributed by atoms with Gasteiger partial charge in [0.15, 0.2) is 23.3 Å². The fourth-order valence-corrected chi connectivity index (χ4v) is 4.67. The number of nitrogens with zero attached hydrogens (tertiary/aromatic N) is 4. The lowest BCUT2D eigenvalue weighted by atomic mass is 9.95. The maximum Gasteiger partial charge on any atom is 0.253 e. The summed E-state index contributed by atoms with van der Waals surface area (Å²) in [6.07, 6.45) is 10.8. The number of amides is 1. The number of hydrogen-bond donors (Lipinski definition) is 1. The van der Waals surface area contributed by atoms with Gasteiger partial charge in [-0.1, -0.05) is 25.3 Å². The fourth-order valence-electron chi connectivity index (χ4n) is 4.67. The van der Waals surface area contributed by atoms with Crippen LogP contribution in [-0.4, -0.2) is 31.3 Å². The highest BCUT2D eigenvalue weighted by Crippen LogP contribution is 2.32. The minimum absolute atomic E-state index is 0.0328. The van der Waals surface area contributed by atoms with Crippen molar-refractivity contribution in [2.45, 2.75) is 44.7 Å². The Balaban J connectivity index is 1.53. The third kappa shape index (κ3) is 4.28. The van der Waals surface area contributed by atoms with Gasteiger partial charge in [0.25, 0.3) is 5.91 Å². The molecule has 10 heteroatoms. The van der Waals surface area contributed by atoms with Crippen LogP contribution in [0.5, 0.6) is 0 Å². The van der Waals surface area contributed by atoms with Crippen LogP contribution in [0.1, 0.15) is 48.0 Å². The van der Waals surface area contributed by atoms with Crippen LogP contribution in [-0.2, 0) is 13.6 Å². The predicted octanol–water partition coefficient (Wildman–Crippen LogP) is 5.10. The van der Waals surface area contributed by atoms with Crippen LogP contribution < -0.4 is 5.32 Å². The van der Waals surface area contributed by atoms with Crippen molar-refractivity contribution >= 4 is 16.8 Å². The standard InChI is InChI=1S/C25H23F4N5O/c1-33-12-15(10-31-33)18-8-7-14(9-30-18)11-34-13-17(25(35)32-16-5-3-2-4-6-16)19-20(26)21(27)22(28)23(29)24(19)34/h7-10,12-13,16H,2-6,11H2,1H3,(H,32,35). The lowest BCUT2D eigenvalue weighted by Gasteiger charge is -2.22. The van der Waals surface area contributed by atoms with Gasteiger partial charge in [-0.25, -0.2) is 17.6 Å². The molecule has 0 spiro atoms. The zero-order valence-electron chi connectivity index (χ0n) is 19.0. The summed E-state index contributed by atoms with van der Waals surface area (Å²) in [6, 6.07) is 3.38. The molecule has 0 radical (unpaired) electrons. The van der Waals surface area contributed by atoms with Gasteiger partial charge in [0.05, 0.1) is 28.4 Å². The van der Waals surface area contributed by atoms with Gasteiger partial charge in [-0.05, 0) is 24.5 Å². The van der Waals surface area contributed by atoms with E-state index in [2.05, 4.69) is 15.4 Å². The van der Waals surface area contributed by atoms with Gasteiger partial charge in [0.1, 0.15) is 0 Å². The van der Waals surface area contributed by atoms with Gasteiger partial charge in [0.2, 0.25) is 0 Å². The van der Waals surface area contributed by atoms with Crippen molar-refractivity contribution in [3.63, 3.8) is 0 Å². The van der Waals surface area contributed by atoms with Crippen LogP contribution in [0.3, 0.4) is 0 Å². The van der Waals surface area contributed by atoms with Gasteiger partial charge in [-0.15, -0.1) is 0 Å². The summed E-state index contributed by atoms with van der Waals surface area (Å²) >= 11 is 0. The molecule has 1 amide bonds. The number of carbonyl (C=O) groups is 1. The lowest BCUT2D eigenvalue weighted by molar-refractivity contribution is 0.0929. The predicted molar refractivity (Wildman–Crippen MR) is 122 cm³/mol. The van der Waals surface area contributed by atoms with Gasteiger partial charge in [0, 0.05) is 43.8 Å². The summed E-state index contributed by atoms with van der Waals surface area (Å²) in [5.74, 6) is -7.64. The molecule has 4 aromatic rings. The Morgan fingerprint density at radius 2 is 1.74 bits per heavy atom. The minimum atomic E-state index is -1.94. The molecular formula is C25H23F4N5O. The number of benzene rings is 1. The Labute approximate surface area is 198 Å². The van der Waals surface area contributed by atoms with Crippen LogP contribution in [0.4, 0.5) is 17.6 Å². The van der Waals surface area contributed by atoms with E-state index in [9.17, 15) is 22.4 Å². The molecule has 5 rings (SSSR count). The highest BCUT2D eigenvalue weighted by atomic mass is 19.2. The molecule has 3 aromatic heterocycles. The van der Waals surface area contributed by atoms with E-state index in [-0.39, 0.29) is 18.2 Å². The molecular weight excluding hydrogens is 462 g/mol. The molecule has 1 aliphatic rings. The zero-order chi connectivity index (χ0) is 24.7. The molecule has 1 aliphatic carbocycles. The van der Waals surface area contributed by atoms with E-state index in [0.29, 0.717) is 11.3 Å². The highest BCUT2D eigenvalue weighted by Gasteiger charge is 2.29. The van der Waals surface area contributed by atoms with Crippen molar-refractivity contribution < 1.29 is 22.4 Å². The monoisotopic (exact) mass is 485 g/mol. The maximum absolute atomic E-state index is 14.9. The Bertz CT molecular complexity index is 1400. The molecule has 182 valence electrons. The second-order valence-electron chi connectivity index (χ2n) is 8.91. The number of pyridine rings is 1. The molecule has 0 bridgehead atoms. The van der Waals surface area contributed by atoms with E-state index in [1.165, 1.54) is 10.8 Å². The molecule has 0 unspecified atom stereocenters. The highest BCUT2D eigenvalue weighted by molar-refractivity contribution is 6.07. The number of carbonyl (C=O) groups excluding carboxylic acids is 1. The van der Waals surface area contributed by atoms with Crippen LogP contribution in [0.25, 0.3) is 22.2 Å². The summed E-state index contributed by atoms with van der Waals surface area (Å²) in [4.78, 5) is 17.4. The van der Waals surface area contributed by atoms with E-state index in [4.69, 9.17) is 0 Å². The molecule has 1 aromatic carbocycles. The molecule has 1 N–H and O–H groups in total. The Kier molecular flexibility index (Phi) is 6.04. The zero-order valence-corrected chi connectivity index (χ0v) is 19.0. The second-order valence-corrected chi connectivity index (χ2v) is 8.91. The summed E-state index contributed by atoms with van der Waals surface area (Å²) in [5, 5.41) is 6.36. The molecule has 35 heavy (non-hydrogen) atoms. The van der Waals surface area contributed by atoms with Crippen LogP contribution in [0.2, 0.25) is 0 Å². The summed E-state index contributed by atoms with van der Waals surface area (Å²) in [6.45, 7) is -0.0328. The van der Waals surface area contributed by atoms with Gasteiger partial charge in [-0.2, -0.15) is 5.10 Å². The number of aromatic nitrogens is 4. The quantitative estimate of drug-likeness (QED) is 0.243. The first-order chi connectivity index (χ1) is 16.8. The topological polar surface area (TPSA) is 64.7 Å². The van der Waals surface area contributed by atoms with E-state index < -0.39 is 40.1 Å². The smallest absolute Gasteiger partial charge is 0.253 e. The Morgan fingerprint density at radius 3 is 2.40 bits per heavy atom. The molecule has 6 nitrogen and oxygen atoms in total. The fraction of sp³-hybridized carbons (Fsp3) is 0.320. The first-order valence-corrected chi connectivity index (χ1v) is 11.4. The number of aryl methyl sites for hydroxylation is 1. The van der Waals surface area contributed by atoms with Crippen molar-refractivity contribution in [2.75, 3.05) is 0 Å². The molecule has 1 saturated carbocycles. The summed E-state index contributed by atoms with van der Waals surface area (Å²) < 4.78 is 60.8. The van der Waals surface area contributed by atoms with E-state index in [1.54, 1.807) is 42.5 Å². The van der Waals surface area contributed by atoms with Crippen molar-refractivity contribution in [3.8, 4) is 11.3 Å². The van der Waals surface area contributed by atoms with E-state index in [1.807, 2.05) is 0 Å². The number of hydrogen-bond acceptors (Lipinski definition) is 3. The SMILES string of the molecule is Cn1cc(-c2ccc(Cn3cc(C(=O)NC4CCCCC4)c4c(F)c(F)c(F)c(F)c43)cn2)cn1. The number of fused-ring (bicyclic) bond motifs is 1. The van der Waals surface area contributed by atoms with Crippen molar-refractivity contribution in [1.29, 1.82) is 0 Å². The average Bonchev–Trinajstić information content (AvgIpc) is 3.46. The van der Waals surface area contributed by atoms with Gasteiger partial charge >= 0.3 is 0 Å². The second kappa shape index (κ2) is 9.16. The Morgan fingerprint density at radius 1 is 1.00 bits per heavy atom. The normalized spacial score (nSPS) is 14.5. The van der Waals surface area contributed by atoms with Crippen molar-refractivity contribution in [2.24, 2.45) is 7.05 Å². The van der Waals surface area contributed by atoms with Crippen molar-refractivity contribution in [1.82, 2.24) is 24.6 Å². The molecule has 0 atom stereocenters. The third-order valence-electron chi connectivity index (χ3n) is 6.45. The largest absolute Gasteiger partial charge is 0.349 e. The van der Waals surface area contributed by atoms with Crippen LogP contribution >= 0.6 is 0 Å². The van der Waals surface area contributed by atoms with E-state index in [0.717, 1.165) is 37.7 Å². The summed E-state index contributed by atoms with van der Waals surface area (Å²) in [7, 11) is 1.78. The molecule has 0 aliphatic heterocycles. The van der Waals surface area contributed by atoms with Gasteiger partial charge in [-0.3, -0.25) is 14.5 Å². The lowest BCUT2D eigenvalue weighted by Crippen LogP contribution is -2.36. The first kappa shape index (κ1) is 23.1. The van der Waals surface area contributed by atoms with E-state index >= 15 is 0 Å². The molecule has 3 heterocycles. The first-order valence-electron chi connectivity index (χ1n) is 11.4.